The van der Waals surface area contributed by atoms with Crippen LogP contribution < -0.4 is 0 Å². The molecule has 0 saturated carbocycles. The minimum absolute atomic E-state index is 0.0490. The molecule has 1 heterocycles. The molecule has 0 bridgehead atoms. The minimum atomic E-state index is -0.0490. The summed E-state index contributed by atoms with van der Waals surface area (Å²) in [6, 6.07) is 10.1. The standard InChI is InChI=1S/C13H14O2/c1-9-4-3-5-11(6-9)13-7-12(8-14)15-10(13)2/h3-7,14H,8H2,1-2H3. The van der Waals surface area contributed by atoms with Crippen LogP contribution in [-0.4, -0.2) is 5.11 Å². The highest BCUT2D eigenvalue weighted by Crippen LogP contribution is 2.27. The lowest BCUT2D eigenvalue weighted by Crippen LogP contribution is -1.78. The van der Waals surface area contributed by atoms with Gasteiger partial charge in [0, 0.05) is 5.56 Å². The van der Waals surface area contributed by atoms with E-state index in [0.717, 1.165) is 16.9 Å². The van der Waals surface area contributed by atoms with Crippen LogP contribution in [0.15, 0.2) is 34.7 Å². The van der Waals surface area contributed by atoms with Gasteiger partial charge in [-0.1, -0.05) is 29.8 Å². The van der Waals surface area contributed by atoms with E-state index in [1.54, 1.807) is 0 Å². The second kappa shape index (κ2) is 3.91. The molecule has 2 rings (SSSR count). The van der Waals surface area contributed by atoms with Gasteiger partial charge in [0.25, 0.3) is 0 Å². The third-order valence-corrected chi connectivity index (χ3v) is 2.45. The van der Waals surface area contributed by atoms with Crippen molar-refractivity contribution in [2.24, 2.45) is 0 Å². The number of hydrogen-bond donors (Lipinski definition) is 1. The monoisotopic (exact) mass is 202 g/mol. The fourth-order valence-corrected chi connectivity index (χ4v) is 1.72. The van der Waals surface area contributed by atoms with Crippen molar-refractivity contribution in [3.63, 3.8) is 0 Å². The Balaban J connectivity index is 2.48. The lowest BCUT2D eigenvalue weighted by atomic mass is 10.0. The van der Waals surface area contributed by atoms with Crippen molar-refractivity contribution in [2.45, 2.75) is 20.5 Å². The summed E-state index contributed by atoms with van der Waals surface area (Å²) in [6.45, 7) is 3.93. The Morgan fingerprint density at radius 2 is 2.00 bits per heavy atom. The first-order valence-electron chi connectivity index (χ1n) is 4.98. The summed E-state index contributed by atoms with van der Waals surface area (Å²) in [7, 11) is 0. The summed E-state index contributed by atoms with van der Waals surface area (Å²) >= 11 is 0. The Hall–Kier alpha value is -1.54. The fourth-order valence-electron chi connectivity index (χ4n) is 1.72. The van der Waals surface area contributed by atoms with Crippen LogP contribution in [0.1, 0.15) is 17.1 Å². The van der Waals surface area contributed by atoms with Crippen molar-refractivity contribution in [1.82, 2.24) is 0 Å². The van der Waals surface area contributed by atoms with Gasteiger partial charge < -0.3 is 9.52 Å². The summed E-state index contributed by atoms with van der Waals surface area (Å²) in [5.74, 6) is 1.47. The van der Waals surface area contributed by atoms with Crippen LogP contribution in [0.5, 0.6) is 0 Å². The van der Waals surface area contributed by atoms with E-state index in [-0.39, 0.29) is 6.61 Å². The largest absolute Gasteiger partial charge is 0.463 e. The lowest BCUT2D eigenvalue weighted by molar-refractivity contribution is 0.245. The van der Waals surface area contributed by atoms with Gasteiger partial charge in [-0.2, -0.15) is 0 Å². The number of benzene rings is 1. The molecule has 1 N–H and O–H groups in total. The molecule has 0 amide bonds. The van der Waals surface area contributed by atoms with Crippen molar-refractivity contribution in [3.8, 4) is 11.1 Å². The SMILES string of the molecule is Cc1cccc(-c2cc(CO)oc2C)c1. The van der Waals surface area contributed by atoms with Crippen molar-refractivity contribution >= 4 is 0 Å². The van der Waals surface area contributed by atoms with Crippen LogP contribution in [0.4, 0.5) is 0 Å². The molecular formula is C13H14O2. The van der Waals surface area contributed by atoms with Gasteiger partial charge in [-0.25, -0.2) is 0 Å². The number of hydrogen-bond acceptors (Lipinski definition) is 2. The second-order valence-electron chi connectivity index (χ2n) is 3.71. The van der Waals surface area contributed by atoms with Crippen molar-refractivity contribution in [1.29, 1.82) is 0 Å². The van der Waals surface area contributed by atoms with Crippen LogP contribution in [-0.2, 0) is 6.61 Å². The Kier molecular flexibility index (Phi) is 2.60. The zero-order valence-electron chi connectivity index (χ0n) is 8.95. The quantitative estimate of drug-likeness (QED) is 0.811. The average Bonchev–Trinajstić information content (AvgIpc) is 2.60. The van der Waals surface area contributed by atoms with Gasteiger partial charge in [0.15, 0.2) is 0 Å². The lowest BCUT2D eigenvalue weighted by Gasteiger charge is -1.99. The first-order chi connectivity index (χ1) is 7.20. The van der Waals surface area contributed by atoms with Crippen molar-refractivity contribution in [2.75, 3.05) is 0 Å². The molecule has 0 fully saturated rings. The molecule has 0 unspecified atom stereocenters. The topological polar surface area (TPSA) is 33.4 Å². The molecule has 0 radical (unpaired) electrons. The van der Waals surface area contributed by atoms with Gasteiger partial charge in [-0.15, -0.1) is 0 Å². The summed E-state index contributed by atoms with van der Waals surface area (Å²) in [5, 5.41) is 8.98. The van der Waals surface area contributed by atoms with Crippen LogP contribution in [0.2, 0.25) is 0 Å². The minimum Gasteiger partial charge on any atom is -0.463 e. The Labute approximate surface area is 89.2 Å². The number of aliphatic hydroxyl groups is 1. The molecule has 0 saturated heterocycles. The van der Waals surface area contributed by atoms with Crippen LogP contribution in [0, 0.1) is 13.8 Å². The van der Waals surface area contributed by atoms with Crippen LogP contribution in [0.25, 0.3) is 11.1 Å². The molecule has 0 atom stereocenters. The van der Waals surface area contributed by atoms with E-state index in [0.29, 0.717) is 5.76 Å². The maximum Gasteiger partial charge on any atom is 0.130 e. The molecule has 0 spiro atoms. The number of furan rings is 1. The third kappa shape index (κ3) is 1.95. The van der Waals surface area contributed by atoms with Crippen LogP contribution in [0.3, 0.4) is 0 Å². The second-order valence-corrected chi connectivity index (χ2v) is 3.71. The van der Waals surface area contributed by atoms with Gasteiger partial charge in [0.1, 0.15) is 18.1 Å². The van der Waals surface area contributed by atoms with E-state index >= 15 is 0 Å². The van der Waals surface area contributed by atoms with E-state index in [4.69, 9.17) is 9.52 Å². The highest BCUT2D eigenvalue weighted by Gasteiger charge is 2.08. The van der Waals surface area contributed by atoms with E-state index in [1.807, 2.05) is 25.1 Å². The first kappa shape index (κ1) is 9.99. The molecular weight excluding hydrogens is 188 g/mol. The molecule has 2 aromatic rings. The van der Waals surface area contributed by atoms with Crippen molar-refractivity contribution in [3.05, 3.63) is 47.4 Å². The van der Waals surface area contributed by atoms with Gasteiger partial charge in [-0.3, -0.25) is 0 Å². The highest BCUT2D eigenvalue weighted by molar-refractivity contribution is 5.66. The Morgan fingerprint density at radius 3 is 2.60 bits per heavy atom. The van der Waals surface area contributed by atoms with Gasteiger partial charge in [-0.05, 0) is 25.5 Å². The smallest absolute Gasteiger partial charge is 0.130 e. The van der Waals surface area contributed by atoms with E-state index < -0.39 is 0 Å². The van der Waals surface area contributed by atoms with Crippen molar-refractivity contribution < 1.29 is 9.52 Å². The number of aryl methyl sites for hydroxylation is 2. The average molecular weight is 202 g/mol. The Bertz CT molecular complexity index is 469. The molecule has 2 nitrogen and oxygen atoms in total. The summed E-state index contributed by atoms with van der Waals surface area (Å²) < 4.78 is 5.41. The Morgan fingerprint density at radius 1 is 1.20 bits per heavy atom. The molecule has 1 aromatic heterocycles. The van der Waals surface area contributed by atoms with E-state index in [9.17, 15) is 0 Å². The molecule has 15 heavy (non-hydrogen) atoms. The summed E-state index contributed by atoms with van der Waals surface area (Å²) in [5.41, 5.74) is 3.41. The van der Waals surface area contributed by atoms with E-state index in [2.05, 4.69) is 19.1 Å². The summed E-state index contributed by atoms with van der Waals surface area (Å²) in [6.07, 6.45) is 0. The maximum atomic E-state index is 8.98. The molecule has 0 aliphatic heterocycles. The normalized spacial score (nSPS) is 10.6. The van der Waals surface area contributed by atoms with Gasteiger partial charge in [0.05, 0.1) is 0 Å². The predicted molar refractivity (Wildman–Crippen MR) is 59.5 cm³/mol. The molecule has 78 valence electrons. The first-order valence-corrected chi connectivity index (χ1v) is 4.98. The van der Waals surface area contributed by atoms with Gasteiger partial charge >= 0.3 is 0 Å². The van der Waals surface area contributed by atoms with Crippen LogP contribution >= 0.6 is 0 Å². The van der Waals surface area contributed by atoms with Gasteiger partial charge in [0.2, 0.25) is 0 Å². The molecule has 2 heteroatoms. The highest BCUT2D eigenvalue weighted by atomic mass is 16.4. The third-order valence-electron chi connectivity index (χ3n) is 2.45. The summed E-state index contributed by atoms with van der Waals surface area (Å²) in [4.78, 5) is 0. The molecule has 1 aromatic carbocycles. The predicted octanol–water partition coefficient (Wildman–Crippen LogP) is 3.06. The fraction of sp³-hybridized carbons (Fsp3) is 0.231. The number of aliphatic hydroxyl groups excluding tert-OH is 1. The zero-order valence-corrected chi connectivity index (χ0v) is 8.95. The van der Waals surface area contributed by atoms with E-state index in [1.165, 1.54) is 5.56 Å². The molecule has 0 aliphatic carbocycles. The number of rotatable bonds is 2. The molecule has 0 aliphatic rings. The zero-order chi connectivity index (χ0) is 10.8. The maximum absolute atomic E-state index is 8.98.